The molecule has 0 saturated carbocycles. The third-order valence-electron chi connectivity index (χ3n) is 2.32. The maximum absolute atomic E-state index is 10.9. The molecule has 0 amide bonds. The smallest absolute Gasteiger partial charge is 0.337 e. The topological polar surface area (TPSA) is 93.5 Å². The molecule has 0 aromatic carbocycles. The SMILES string of the molecule is O=C(O)c1ccc2nnc(-c3ccon3)n2c1. The van der Waals surface area contributed by atoms with Gasteiger partial charge in [-0.05, 0) is 12.1 Å². The Labute approximate surface area is 94.3 Å². The van der Waals surface area contributed by atoms with Crippen LogP contribution in [0.25, 0.3) is 17.2 Å². The molecule has 1 N–H and O–H groups in total. The summed E-state index contributed by atoms with van der Waals surface area (Å²) in [6, 6.07) is 4.68. The molecule has 0 saturated heterocycles. The molecule has 0 atom stereocenters. The van der Waals surface area contributed by atoms with Gasteiger partial charge >= 0.3 is 5.97 Å². The quantitative estimate of drug-likeness (QED) is 0.708. The van der Waals surface area contributed by atoms with Crippen molar-refractivity contribution in [1.82, 2.24) is 19.8 Å². The van der Waals surface area contributed by atoms with Crippen LogP contribution in [-0.4, -0.2) is 30.8 Å². The van der Waals surface area contributed by atoms with E-state index in [4.69, 9.17) is 9.63 Å². The lowest BCUT2D eigenvalue weighted by molar-refractivity contribution is 0.0696. The zero-order valence-electron chi connectivity index (χ0n) is 8.44. The molecule has 0 spiro atoms. The van der Waals surface area contributed by atoms with E-state index in [1.165, 1.54) is 18.5 Å². The molecule has 7 nitrogen and oxygen atoms in total. The van der Waals surface area contributed by atoms with Crippen LogP contribution in [0.5, 0.6) is 0 Å². The van der Waals surface area contributed by atoms with Crippen LogP contribution in [0.15, 0.2) is 35.2 Å². The van der Waals surface area contributed by atoms with Crippen LogP contribution in [0.4, 0.5) is 0 Å². The Bertz CT molecular complexity index is 687. The van der Waals surface area contributed by atoms with E-state index in [2.05, 4.69) is 15.4 Å². The summed E-state index contributed by atoms with van der Waals surface area (Å²) >= 11 is 0. The van der Waals surface area contributed by atoms with Gasteiger partial charge in [0.05, 0.1) is 5.56 Å². The second-order valence-electron chi connectivity index (χ2n) is 3.36. The molecule has 3 aromatic heterocycles. The minimum Gasteiger partial charge on any atom is -0.478 e. The third-order valence-corrected chi connectivity index (χ3v) is 2.32. The fraction of sp³-hybridized carbons (Fsp3) is 0. The standard InChI is InChI=1S/C10H6N4O3/c15-10(16)6-1-2-8-11-12-9(14(8)5-6)7-3-4-17-13-7/h1-5H,(H,15,16). The van der Waals surface area contributed by atoms with E-state index in [-0.39, 0.29) is 5.56 Å². The Kier molecular flexibility index (Phi) is 1.91. The van der Waals surface area contributed by atoms with Gasteiger partial charge in [0.15, 0.2) is 17.2 Å². The minimum absolute atomic E-state index is 0.155. The van der Waals surface area contributed by atoms with E-state index < -0.39 is 5.97 Å². The number of rotatable bonds is 2. The van der Waals surface area contributed by atoms with Gasteiger partial charge in [-0.2, -0.15) is 0 Å². The van der Waals surface area contributed by atoms with Crippen LogP contribution >= 0.6 is 0 Å². The largest absolute Gasteiger partial charge is 0.478 e. The molecule has 3 aromatic rings. The third kappa shape index (κ3) is 1.44. The van der Waals surface area contributed by atoms with Gasteiger partial charge in [-0.25, -0.2) is 4.79 Å². The van der Waals surface area contributed by atoms with Crippen LogP contribution in [0.2, 0.25) is 0 Å². The number of aromatic carboxylic acids is 1. The minimum atomic E-state index is -1.01. The summed E-state index contributed by atoms with van der Waals surface area (Å²) in [7, 11) is 0. The molecule has 0 bridgehead atoms. The number of carboxylic acid groups (broad SMARTS) is 1. The summed E-state index contributed by atoms with van der Waals surface area (Å²) in [5.41, 5.74) is 1.20. The maximum Gasteiger partial charge on any atom is 0.337 e. The van der Waals surface area contributed by atoms with Gasteiger partial charge in [0.2, 0.25) is 0 Å². The molecule has 0 unspecified atom stereocenters. The highest BCUT2D eigenvalue weighted by molar-refractivity contribution is 5.87. The predicted octanol–water partition coefficient (Wildman–Crippen LogP) is 1.08. The molecule has 7 heteroatoms. The van der Waals surface area contributed by atoms with Gasteiger partial charge in [-0.1, -0.05) is 5.16 Å². The molecular formula is C10H6N4O3. The Morgan fingerprint density at radius 3 is 2.88 bits per heavy atom. The Hall–Kier alpha value is -2.70. The molecule has 0 aliphatic heterocycles. The van der Waals surface area contributed by atoms with Crippen LogP contribution in [0.3, 0.4) is 0 Å². The van der Waals surface area contributed by atoms with E-state index in [1.54, 1.807) is 16.5 Å². The second-order valence-corrected chi connectivity index (χ2v) is 3.36. The van der Waals surface area contributed by atoms with E-state index in [0.717, 1.165) is 0 Å². The Morgan fingerprint density at radius 2 is 2.18 bits per heavy atom. The number of hydrogen-bond acceptors (Lipinski definition) is 5. The zero-order valence-corrected chi connectivity index (χ0v) is 8.44. The average molecular weight is 230 g/mol. The Balaban J connectivity index is 2.26. The highest BCUT2D eigenvalue weighted by Crippen LogP contribution is 2.16. The predicted molar refractivity (Wildman–Crippen MR) is 55.4 cm³/mol. The fourth-order valence-electron chi connectivity index (χ4n) is 1.52. The van der Waals surface area contributed by atoms with Gasteiger partial charge < -0.3 is 9.63 Å². The van der Waals surface area contributed by atoms with Crippen LogP contribution in [0.1, 0.15) is 10.4 Å². The summed E-state index contributed by atoms with van der Waals surface area (Å²) < 4.78 is 6.27. The second kappa shape index (κ2) is 3.41. The molecule has 0 radical (unpaired) electrons. The highest BCUT2D eigenvalue weighted by atomic mass is 16.5. The lowest BCUT2D eigenvalue weighted by Gasteiger charge is -1.97. The number of aromatic nitrogens is 4. The summed E-state index contributed by atoms with van der Waals surface area (Å²) in [5.74, 6) is -0.566. The molecule has 0 aliphatic carbocycles. The number of fused-ring (bicyclic) bond motifs is 1. The number of nitrogens with zero attached hydrogens (tertiary/aromatic N) is 4. The van der Waals surface area contributed by atoms with Crippen LogP contribution in [-0.2, 0) is 0 Å². The highest BCUT2D eigenvalue weighted by Gasteiger charge is 2.12. The summed E-state index contributed by atoms with van der Waals surface area (Å²) in [4.78, 5) is 10.9. The monoisotopic (exact) mass is 230 g/mol. The van der Waals surface area contributed by atoms with E-state index >= 15 is 0 Å². The summed E-state index contributed by atoms with van der Waals surface area (Å²) in [5, 5.41) is 20.5. The maximum atomic E-state index is 10.9. The van der Waals surface area contributed by atoms with Gasteiger partial charge in [0.1, 0.15) is 6.26 Å². The lowest BCUT2D eigenvalue weighted by atomic mass is 10.3. The molecule has 3 rings (SSSR count). The van der Waals surface area contributed by atoms with Crippen LogP contribution in [0, 0.1) is 0 Å². The van der Waals surface area contributed by atoms with E-state index in [9.17, 15) is 4.79 Å². The van der Waals surface area contributed by atoms with Crippen molar-refractivity contribution in [1.29, 1.82) is 0 Å². The lowest BCUT2D eigenvalue weighted by Crippen LogP contribution is -1.99. The normalized spacial score (nSPS) is 10.8. The first kappa shape index (κ1) is 9.52. The molecular weight excluding hydrogens is 224 g/mol. The summed E-state index contributed by atoms with van der Waals surface area (Å²) in [6.07, 6.45) is 2.86. The number of carbonyl (C=O) groups is 1. The fourth-order valence-corrected chi connectivity index (χ4v) is 1.52. The van der Waals surface area contributed by atoms with Gasteiger partial charge in [0.25, 0.3) is 0 Å². The van der Waals surface area contributed by atoms with Gasteiger partial charge in [0, 0.05) is 12.3 Å². The van der Waals surface area contributed by atoms with Crippen molar-refractivity contribution >= 4 is 11.6 Å². The van der Waals surface area contributed by atoms with Crippen molar-refractivity contribution in [2.75, 3.05) is 0 Å². The summed E-state index contributed by atoms with van der Waals surface area (Å²) in [6.45, 7) is 0. The first-order valence-electron chi connectivity index (χ1n) is 4.74. The number of pyridine rings is 1. The molecule has 17 heavy (non-hydrogen) atoms. The van der Waals surface area contributed by atoms with Crippen molar-refractivity contribution in [2.45, 2.75) is 0 Å². The van der Waals surface area contributed by atoms with E-state index in [0.29, 0.717) is 17.2 Å². The van der Waals surface area contributed by atoms with Crippen LogP contribution < -0.4 is 0 Å². The number of hydrogen-bond donors (Lipinski definition) is 1. The van der Waals surface area contributed by atoms with Crippen molar-refractivity contribution in [3.63, 3.8) is 0 Å². The number of carboxylic acids is 1. The van der Waals surface area contributed by atoms with Crippen molar-refractivity contribution in [3.8, 4) is 11.5 Å². The Morgan fingerprint density at radius 1 is 1.29 bits per heavy atom. The molecule has 84 valence electrons. The molecule has 3 heterocycles. The van der Waals surface area contributed by atoms with Crippen molar-refractivity contribution in [2.24, 2.45) is 0 Å². The van der Waals surface area contributed by atoms with E-state index in [1.807, 2.05) is 0 Å². The van der Waals surface area contributed by atoms with Gasteiger partial charge in [-0.3, -0.25) is 4.40 Å². The first-order chi connectivity index (χ1) is 8.25. The first-order valence-corrected chi connectivity index (χ1v) is 4.74. The molecule has 0 aliphatic rings. The average Bonchev–Trinajstić information content (AvgIpc) is 2.96. The van der Waals surface area contributed by atoms with Crippen molar-refractivity contribution in [3.05, 3.63) is 36.2 Å². The van der Waals surface area contributed by atoms with Gasteiger partial charge in [-0.15, -0.1) is 10.2 Å². The zero-order chi connectivity index (χ0) is 11.8. The molecule has 0 fully saturated rings. The van der Waals surface area contributed by atoms with Crippen molar-refractivity contribution < 1.29 is 14.4 Å².